The Labute approximate surface area is 112 Å². The maximum absolute atomic E-state index is 10.1. The van der Waals surface area contributed by atoms with Crippen molar-refractivity contribution in [2.24, 2.45) is 0 Å². The summed E-state index contributed by atoms with van der Waals surface area (Å²) in [5.74, 6) is 0.183. The molecule has 0 radical (unpaired) electrons. The van der Waals surface area contributed by atoms with Crippen LogP contribution >= 0.6 is 0 Å². The van der Waals surface area contributed by atoms with E-state index in [1.165, 1.54) is 6.42 Å². The first-order chi connectivity index (χ1) is 9.19. The van der Waals surface area contributed by atoms with E-state index >= 15 is 0 Å². The van der Waals surface area contributed by atoms with Crippen molar-refractivity contribution < 1.29 is 14.9 Å². The van der Waals surface area contributed by atoms with Crippen LogP contribution in [0.4, 0.5) is 0 Å². The van der Waals surface area contributed by atoms with Gasteiger partial charge in [0.1, 0.15) is 5.75 Å². The topological polar surface area (TPSA) is 74.6 Å². The van der Waals surface area contributed by atoms with E-state index in [1.54, 1.807) is 13.1 Å². The second-order valence-corrected chi connectivity index (χ2v) is 5.45. The first kappa shape index (κ1) is 12.8. The molecular weight excluding hydrogens is 244 g/mol. The van der Waals surface area contributed by atoms with Gasteiger partial charge in [0.05, 0.1) is 24.5 Å². The van der Waals surface area contributed by atoms with E-state index in [0.29, 0.717) is 36.1 Å². The lowest BCUT2D eigenvalue weighted by Gasteiger charge is -2.21. The molecule has 0 aliphatic carbocycles. The number of hydrogen-bond donors (Lipinski definition) is 3. The third-order valence-electron chi connectivity index (χ3n) is 4.25. The van der Waals surface area contributed by atoms with E-state index in [1.807, 2.05) is 0 Å². The minimum absolute atomic E-state index is 0.106. The number of aryl methyl sites for hydroxylation is 1. The van der Waals surface area contributed by atoms with Gasteiger partial charge in [-0.2, -0.15) is 0 Å². The summed E-state index contributed by atoms with van der Waals surface area (Å²) in [6, 6.07) is 0.359. The molecule has 0 spiro atoms. The third-order valence-corrected chi connectivity index (χ3v) is 4.25. The van der Waals surface area contributed by atoms with Crippen LogP contribution < -0.4 is 5.32 Å². The molecule has 2 aliphatic rings. The van der Waals surface area contributed by atoms with Crippen LogP contribution in [0.25, 0.3) is 0 Å². The van der Waals surface area contributed by atoms with Gasteiger partial charge < -0.3 is 20.3 Å². The van der Waals surface area contributed by atoms with Crippen molar-refractivity contribution in [3.05, 3.63) is 23.0 Å². The molecule has 1 aromatic rings. The molecule has 3 rings (SSSR count). The summed E-state index contributed by atoms with van der Waals surface area (Å²) < 4.78 is 5.80. The molecule has 2 aliphatic heterocycles. The van der Waals surface area contributed by atoms with Crippen molar-refractivity contribution in [1.82, 2.24) is 10.3 Å². The van der Waals surface area contributed by atoms with Gasteiger partial charge in [-0.1, -0.05) is 0 Å². The van der Waals surface area contributed by atoms with Crippen molar-refractivity contribution in [2.75, 3.05) is 0 Å². The van der Waals surface area contributed by atoms with Crippen LogP contribution in [0.2, 0.25) is 0 Å². The van der Waals surface area contributed by atoms with Gasteiger partial charge in [-0.3, -0.25) is 4.98 Å². The Hall–Kier alpha value is -1.17. The zero-order chi connectivity index (χ0) is 13.4. The highest BCUT2D eigenvalue weighted by Gasteiger charge is 2.40. The molecule has 19 heavy (non-hydrogen) atoms. The van der Waals surface area contributed by atoms with Gasteiger partial charge >= 0.3 is 0 Å². The first-order valence-corrected chi connectivity index (χ1v) is 6.85. The Morgan fingerprint density at radius 2 is 2.32 bits per heavy atom. The van der Waals surface area contributed by atoms with Crippen molar-refractivity contribution in [3.63, 3.8) is 0 Å². The predicted molar refractivity (Wildman–Crippen MR) is 69.7 cm³/mol. The van der Waals surface area contributed by atoms with Gasteiger partial charge in [-0.05, 0) is 26.2 Å². The summed E-state index contributed by atoms with van der Waals surface area (Å²) in [6.45, 7) is 2.20. The number of hydrogen-bond acceptors (Lipinski definition) is 5. The third kappa shape index (κ3) is 2.33. The van der Waals surface area contributed by atoms with Crippen LogP contribution in [0.3, 0.4) is 0 Å². The lowest BCUT2D eigenvalue weighted by molar-refractivity contribution is 0.0972. The zero-order valence-electron chi connectivity index (χ0n) is 11.1. The number of ether oxygens (including phenoxy) is 1. The Morgan fingerprint density at radius 3 is 2.95 bits per heavy atom. The van der Waals surface area contributed by atoms with Gasteiger partial charge in [0.15, 0.2) is 0 Å². The van der Waals surface area contributed by atoms with Crippen molar-refractivity contribution in [2.45, 2.75) is 57.6 Å². The number of aromatic nitrogens is 1. The highest BCUT2D eigenvalue weighted by atomic mass is 16.5. The fourth-order valence-electron chi connectivity index (χ4n) is 3.10. The van der Waals surface area contributed by atoms with E-state index < -0.39 is 0 Å². The molecule has 0 amide bonds. The fraction of sp³-hybridized carbons (Fsp3) is 0.643. The number of rotatable bonds is 4. The molecule has 3 N–H and O–H groups in total. The average Bonchev–Trinajstić information content (AvgIpc) is 3.02. The number of nitrogens with zero attached hydrogens (tertiary/aromatic N) is 1. The molecule has 2 bridgehead atoms. The second kappa shape index (κ2) is 5.07. The summed E-state index contributed by atoms with van der Waals surface area (Å²) in [6.07, 6.45) is 5.69. The number of pyridine rings is 1. The van der Waals surface area contributed by atoms with Gasteiger partial charge in [0.2, 0.25) is 0 Å². The summed E-state index contributed by atoms with van der Waals surface area (Å²) in [5.41, 5.74) is 2.02. The Kier molecular flexibility index (Phi) is 3.43. The molecule has 3 atom stereocenters. The maximum Gasteiger partial charge on any atom is 0.141 e. The van der Waals surface area contributed by atoms with Crippen LogP contribution in [0.1, 0.15) is 36.1 Å². The summed E-state index contributed by atoms with van der Waals surface area (Å²) in [5, 5.41) is 22.8. The van der Waals surface area contributed by atoms with Gasteiger partial charge in [-0.25, -0.2) is 0 Å². The number of aliphatic hydroxyl groups is 1. The van der Waals surface area contributed by atoms with E-state index in [2.05, 4.69) is 10.3 Å². The molecule has 5 heteroatoms. The minimum atomic E-state index is -0.106. The van der Waals surface area contributed by atoms with Crippen LogP contribution in [0.15, 0.2) is 6.20 Å². The smallest absolute Gasteiger partial charge is 0.141 e. The Bertz CT molecular complexity index is 478. The monoisotopic (exact) mass is 264 g/mol. The first-order valence-electron chi connectivity index (χ1n) is 6.85. The number of aliphatic hydroxyl groups excluding tert-OH is 1. The van der Waals surface area contributed by atoms with Crippen molar-refractivity contribution >= 4 is 0 Å². The van der Waals surface area contributed by atoms with Crippen molar-refractivity contribution in [1.29, 1.82) is 0 Å². The highest BCUT2D eigenvalue weighted by Crippen LogP contribution is 2.34. The van der Waals surface area contributed by atoms with Crippen molar-refractivity contribution in [3.8, 4) is 5.75 Å². The minimum Gasteiger partial charge on any atom is -0.506 e. The SMILES string of the molecule is Cc1ncc(CO)c(CNC2CC3CCC2O3)c1O. The Morgan fingerprint density at radius 1 is 1.47 bits per heavy atom. The number of fused-ring (bicyclic) bond motifs is 2. The zero-order valence-corrected chi connectivity index (χ0v) is 11.1. The van der Waals surface area contributed by atoms with E-state index in [4.69, 9.17) is 4.74 Å². The molecular formula is C14H20N2O3. The van der Waals surface area contributed by atoms with E-state index in [-0.39, 0.29) is 12.4 Å². The summed E-state index contributed by atoms with van der Waals surface area (Å²) in [4.78, 5) is 4.07. The van der Waals surface area contributed by atoms with Gasteiger partial charge in [-0.15, -0.1) is 0 Å². The van der Waals surface area contributed by atoms with E-state index in [0.717, 1.165) is 18.4 Å². The number of nitrogens with one attached hydrogen (secondary N) is 1. The molecule has 2 saturated heterocycles. The van der Waals surface area contributed by atoms with Gasteiger partial charge in [0.25, 0.3) is 0 Å². The number of aromatic hydroxyl groups is 1. The average molecular weight is 264 g/mol. The Balaban J connectivity index is 1.71. The summed E-state index contributed by atoms with van der Waals surface area (Å²) >= 11 is 0. The maximum atomic E-state index is 10.1. The standard InChI is InChI=1S/C14H20N2O3/c1-8-14(18)11(9(7-17)5-15-8)6-16-12-4-10-2-3-13(12)19-10/h5,10,12-13,16-18H,2-4,6-7H2,1H3. The van der Waals surface area contributed by atoms with Crippen LogP contribution in [0.5, 0.6) is 5.75 Å². The fourth-order valence-corrected chi connectivity index (χ4v) is 3.10. The van der Waals surface area contributed by atoms with Crippen LogP contribution in [-0.2, 0) is 17.9 Å². The normalized spacial score (nSPS) is 29.1. The predicted octanol–water partition coefficient (Wildman–Crippen LogP) is 0.997. The molecule has 104 valence electrons. The second-order valence-electron chi connectivity index (χ2n) is 5.45. The highest BCUT2D eigenvalue weighted by molar-refractivity contribution is 5.40. The van der Waals surface area contributed by atoms with Gasteiger partial charge in [0, 0.05) is 29.9 Å². The van der Waals surface area contributed by atoms with E-state index in [9.17, 15) is 10.2 Å². The quantitative estimate of drug-likeness (QED) is 0.756. The largest absolute Gasteiger partial charge is 0.506 e. The summed E-state index contributed by atoms with van der Waals surface area (Å²) in [7, 11) is 0. The molecule has 3 unspecified atom stereocenters. The lowest BCUT2D eigenvalue weighted by atomic mass is 9.95. The van der Waals surface area contributed by atoms with Crippen LogP contribution in [0, 0.1) is 6.92 Å². The molecule has 0 aromatic carbocycles. The molecule has 1 aromatic heterocycles. The molecule has 2 fully saturated rings. The van der Waals surface area contributed by atoms with Crippen LogP contribution in [-0.4, -0.2) is 33.4 Å². The molecule has 3 heterocycles. The molecule has 5 nitrogen and oxygen atoms in total. The lowest BCUT2D eigenvalue weighted by Crippen LogP contribution is -2.37. The molecule has 0 saturated carbocycles.